The lowest BCUT2D eigenvalue weighted by atomic mass is 9.78. The van der Waals surface area contributed by atoms with Gasteiger partial charge in [-0.3, -0.25) is 9.59 Å². The Morgan fingerprint density at radius 1 is 0.618 bits per heavy atom. The number of hydrogen-bond donors (Lipinski definition) is 2. The molecule has 0 aromatic heterocycles. The first kappa shape index (κ1) is 26.7. The minimum Gasteiger partial charge on any atom is -0.376 e. The lowest BCUT2D eigenvalue weighted by Crippen LogP contribution is -2.62. The van der Waals surface area contributed by atoms with Gasteiger partial charge < -0.3 is 10.6 Å². The second-order valence-electron chi connectivity index (χ2n) is 12.4. The molecule has 2 N–H and O–H groups in total. The number of nitrogens with one attached hydrogen (secondary N) is 2. The summed E-state index contributed by atoms with van der Waals surface area (Å²) in [6, 6.07) is -1.00. The molecule has 2 fully saturated rings. The molecule has 0 aromatic carbocycles. The van der Waals surface area contributed by atoms with E-state index in [1.807, 2.05) is 0 Å². The highest BCUT2D eigenvalue weighted by Crippen LogP contribution is 2.39. The number of hydroxylamine groups is 4. The molecule has 0 saturated carbocycles. The molecule has 0 bridgehead atoms. The number of Topliss-reactive ketones (excluding diaryl/α,β-unsaturated/α-hetero) is 2. The molecule has 2 saturated heterocycles. The number of halogens is 2. The van der Waals surface area contributed by atoms with Crippen molar-refractivity contribution in [1.29, 1.82) is 0 Å². The molecular formula is C24H36F2N4O4. The van der Waals surface area contributed by atoms with Gasteiger partial charge in [0.2, 0.25) is 11.6 Å². The number of rotatable bonds is 4. The summed E-state index contributed by atoms with van der Waals surface area (Å²) in [6.07, 6.45) is 1.14. The third-order valence-corrected chi connectivity index (χ3v) is 7.17. The van der Waals surface area contributed by atoms with Crippen molar-refractivity contribution in [3.63, 3.8) is 0 Å². The number of carbonyl (C=O) groups excluding carboxylic acids is 2. The van der Waals surface area contributed by atoms with Crippen LogP contribution in [0.1, 0.15) is 81.1 Å². The van der Waals surface area contributed by atoms with Crippen LogP contribution in [0.2, 0.25) is 0 Å². The lowest BCUT2D eigenvalue weighted by Gasteiger charge is -2.50. The smallest absolute Gasteiger partial charge is 0.242 e. The van der Waals surface area contributed by atoms with Crippen molar-refractivity contribution in [2.45, 2.75) is 115 Å². The summed E-state index contributed by atoms with van der Waals surface area (Å²) >= 11 is 0. The normalized spacial score (nSPS) is 28.5. The maximum atomic E-state index is 15.1. The Balaban J connectivity index is 1.82. The van der Waals surface area contributed by atoms with Crippen molar-refractivity contribution in [1.82, 2.24) is 20.8 Å². The van der Waals surface area contributed by atoms with Gasteiger partial charge in [-0.1, -0.05) is 0 Å². The molecule has 2 aliphatic heterocycles. The van der Waals surface area contributed by atoms with E-state index in [4.69, 9.17) is 0 Å². The fraction of sp³-hybridized carbons (Fsp3) is 0.750. The zero-order chi connectivity index (χ0) is 26.0. The minimum absolute atomic E-state index is 0.284. The fourth-order valence-electron chi connectivity index (χ4n) is 6.04. The predicted molar refractivity (Wildman–Crippen MR) is 120 cm³/mol. The van der Waals surface area contributed by atoms with Gasteiger partial charge in [-0.15, -0.1) is 20.5 Å². The van der Waals surface area contributed by atoms with Crippen molar-refractivity contribution in [3.8, 4) is 0 Å². The van der Waals surface area contributed by atoms with Crippen LogP contribution in [0.25, 0.3) is 0 Å². The van der Waals surface area contributed by atoms with E-state index in [1.165, 1.54) is 0 Å². The maximum Gasteiger partial charge on any atom is 0.242 e. The van der Waals surface area contributed by atoms with Crippen LogP contribution in [0.4, 0.5) is 8.78 Å². The zero-order valence-electron chi connectivity index (χ0n) is 21.3. The first-order valence-corrected chi connectivity index (χ1v) is 11.7. The van der Waals surface area contributed by atoms with E-state index in [-0.39, 0.29) is 25.7 Å². The quantitative estimate of drug-likeness (QED) is 0.595. The van der Waals surface area contributed by atoms with Gasteiger partial charge in [0.15, 0.2) is 11.7 Å². The Morgan fingerprint density at radius 3 is 1.09 bits per heavy atom. The second-order valence-corrected chi connectivity index (χ2v) is 12.4. The van der Waals surface area contributed by atoms with E-state index in [1.54, 1.807) is 55.4 Å². The van der Waals surface area contributed by atoms with Crippen LogP contribution in [0.3, 0.4) is 0 Å². The number of carbonyl (C=O) groups is 2. The van der Waals surface area contributed by atoms with Gasteiger partial charge in [-0.25, -0.2) is 8.78 Å². The summed E-state index contributed by atoms with van der Waals surface area (Å²) < 4.78 is 30.3. The van der Waals surface area contributed by atoms with Crippen LogP contribution in [0, 0.1) is 0 Å². The molecule has 0 aromatic rings. The molecule has 34 heavy (non-hydrogen) atoms. The third kappa shape index (κ3) is 4.65. The second kappa shape index (κ2) is 8.36. The Hall–Kier alpha value is -1.88. The summed E-state index contributed by atoms with van der Waals surface area (Å²) in [5, 5.41) is 32.5. The molecule has 3 aliphatic rings. The van der Waals surface area contributed by atoms with Crippen molar-refractivity contribution < 1.29 is 28.8 Å². The number of hydrogen-bond acceptors (Lipinski definition) is 6. The number of nitrogens with zero attached hydrogens (tertiary/aromatic N) is 2. The van der Waals surface area contributed by atoms with E-state index in [9.17, 15) is 20.0 Å². The van der Waals surface area contributed by atoms with E-state index in [2.05, 4.69) is 10.6 Å². The van der Waals surface area contributed by atoms with Crippen LogP contribution >= 0.6 is 0 Å². The van der Waals surface area contributed by atoms with Crippen molar-refractivity contribution in [2.75, 3.05) is 0 Å². The standard InChI is InChI=1S/C24H36F2N4O4/c1-21(2)9-13(10-22(3,4)29(21)33)27-17-15(25)20(32)18(16(26)19(17)31)28-14-11-23(5,6)30(34)24(7,8)12-14/h13-14,27-28H,9-12H2,1-8H3. The number of allylic oxidation sites excluding steroid dienone is 2. The topological polar surface area (TPSA) is 104 Å². The molecule has 10 heteroatoms. The Labute approximate surface area is 200 Å². The highest BCUT2D eigenvalue weighted by atomic mass is 19.1. The van der Waals surface area contributed by atoms with Crippen LogP contribution in [-0.2, 0) is 20.0 Å². The summed E-state index contributed by atoms with van der Waals surface area (Å²) in [5.41, 5.74) is -4.60. The fourth-order valence-corrected chi connectivity index (χ4v) is 6.04. The lowest BCUT2D eigenvalue weighted by molar-refractivity contribution is -0.290. The maximum absolute atomic E-state index is 15.1. The van der Waals surface area contributed by atoms with E-state index in [0.29, 0.717) is 0 Å². The van der Waals surface area contributed by atoms with Gasteiger partial charge in [0, 0.05) is 34.2 Å². The highest BCUT2D eigenvalue weighted by Gasteiger charge is 2.49. The molecule has 0 amide bonds. The number of ketones is 2. The zero-order valence-corrected chi connectivity index (χ0v) is 21.3. The van der Waals surface area contributed by atoms with E-state index in [0.717, 1.165) is 10.1 Å². The first-order valence-electron chi connectivity index (χ1n) is 11.7. The van der Waals surface area contributed by atoms with Crippen LogP contribution in [-0.4, -0.2) is 55.9 Å². The monoisotopic (exact) mass is 482 g/mol. The van der Waals surface area contributed by atoms with Crippen LogP contribution in [0.5, 0.6) is 0 Å². The van der Waals surface area contributed by atoms with Gasteiger partial charge >= 0.3 is 0 Å². The van der Waals surface area contributed by atoms with Crippen molar-refractivity contribution in [3.05, 3.63) is 23.0 Å². The molecule has 2 radical (unpaired) electrons. The molecular weight excluding hydrogens is 446 g/mol. The molecule has 0 unspecified atom stereocenters. The predicted octanol–water partition coefficient (Wildman–Crippen LogP) is 3.41. The van der Waals surface area contributed by atoms with E-state index >= 15 is 8.78 Å². The Morgan fingerprint density at radius 2 is 0.853 bits per heavy atom. The van der Waals surface area contributed by atoms with E-state index < -0.39 is 68.9 Å². The molecule has 0 atom stereocenters. The molecule has 3 rings (SSSR count). The summed E-state index contributed by atoms with van der Waals surface area (Å²) in [5.74, 6) is -5.18. The highest BCUT2D eigenvalue weighted by molar-refractivity contribution is 6.22. The van der Waals surface area contributed by atoms with Gasteiger partial charge in [0.1, 0.15) is 11.4 Å². The largest absolute Gasteiger partial charge is 0.376 e. The van der Waals surface area contributed by atoms with Crippen molar-refractivity contribution >= 4 is 11.6 Å². The molecule has 190 valence electrons. The minimum atomic E-state index is -1.35. The summed E-state index contributed by atoms with van der Waals surface area (Å²) in [6.45, 7) is 13.9. The van der Waals surface area contributed by atoms with Crippen LogP contribution < -0.4 is 10.6 Å². The first-order chi connectivity index (χ1) is 15.3. The van der Waals surface area contributed by atoms with Gasteiger partial charge in [-0.2, -0.15) is 0 Å². The van der Waals surface area contributed by atoms with Gasteiger partial charge in [0.25, 0.3) is 0 Å². The summed E-state index contributed by atoms with van der Waals surface area (Å²) in [7, 11) is 0. The van der Waals surface area contributed by atoms with Gasteiger partial charge in [-0.05, 0) is 81.1 Å². The SMILES string of the molecule is CC1(C)CC(NC2=C(F)C(=O)C(NC3CC(C)(C)N([O])C(C)(C)C3)=C(F)C2=O)CC(C)(C)N1[O]. The average molecular weight is 483 g/mol. The summed E-state index contributed by atoms with van der Waals surface area (Å²) in [4.78, 5) is 25.6. The Bertz CT molecular complexity index is 843. The number of piperidine rings is 2. The Kier molecular flexibility index (Phi) is 6.57. The molecule has 2 heterocycles. The van der Waals surface area contributed by atoms with Gasteiger partial charge in [0.05, 0.1) is 0 Å². The third-order valence-electron chi connectivity index (χ3n) is 7.17. The molecule has 0 spiro atoms. The molecule has 1 aliphatic carbocycles. The van der Waals surface area contributed by atoms with Crippen LogP contribution in [0.15, 0.2) is 23.0 Å². The molecule has 8 nitrogen and oxygen atoms in total. The van der Waals surface area contributed by atoms with Crippen molar-refractivity contribution in [2.24, 2.45) is 0 Å². The average Bonchev–Trinajstić information content (AvgIpc) is 2.68.